The van der Waals surface area contributed by atoms with E-state index in [-0.39, 0.29) is 10.8 Å². The van der Waals surface area contributed by atoms with E-state index in [1.807, 2.05) is 6.92 Å². The third-order valence-corrected chi connectivity index (χ3v) is 5.30. The quantitative estimate of drug-likeness (QED) is 0.646. The van der Waals surface area contributed by atoms with Crippen LogP contribution in [0.3, 0.4) is 0 Å². The van der Waals surface area contributed by atoms with E-state index >= 15 is 0 Å². The van der Waals surface area contributed by atoms with Gasteiger partial charge in [-0.05, 0) is 30.7 Å². The van der Waals surface area contributed by atoms with Gasteiger partial charge in [0.1, 0.15) is 0 Å². The molecule has 1 aromatic carbocycles. The molecular formula is C13H13ClN2O3S2. The number of aryl methyl sites for hydroxylation is 1. The van der Waals surface area contributed by atoms with Gasteiger partial charge in [0.05, 0.1) is 9.77 Å². The molecule has 0 saturated carbocycles. The zero-order chi connectivity index (χ0) is 15.5. The molecule has 0 spiro atoms. The zero-order valence-electron chi connectivity index (χ0n) is 11.1. The van der Waals surface area contributed by atoms with Gasteiger partial charge in [-0.3, -0.25) is 10.2 Å². The molecule has 5 nitrogen and oxygen atoms in total. The lowest BCUT2D eigenvalue weighted by Gasteiger charge is -2.10. The van der Waals surface area contributed by atoms with Crippen LogP contribution in [0.5, 0.6) is 0 Å². The molecule has 0 radical (unpaired) electrons. The van der Waals surface area contributed by atoms with Gasteiger partial charge in [-0.1, -0.05) is 18.2 Å². The van der Waals surface area contributed by atoms with E-state index in [4.69, 9.17) is 11.6 Å². The number of carbonyl (C=O) groups excluding carboxylic acids is 1. The van der Waals surface area contributed by atoms with Crippen LogP contribution in [0, 0.1) is 6.92 Å². The van der Waals surface area contributed by atoms with Crippen molar-refractivity contribution in [2.24, 2.45) is 0 Å². The van der Waals surface area contributed by atoms with E-state index in [0.29, 0.717) is 10.4 Å². The van der Waals surface area contributed by atoms with Gasteiger partial charge >= 0.3 is 0 Å². The molecule has 112 valence electrons. The Hall–Kier alpha value is -1.41. The second-order valence-corrected chi connectivity index (χ2v) is 7.42. The maximum Gasteiger partial charge on any atom is 0.276 e. The Morgan fingerprint density at radius 3 is 2.57 bits per heavy atom. The molecule has 0 atom stereocenters. The zero-order valence-corrected chi connectivity index (χ0v) is 13.5. The molecule has 2 aromatic rings. The number of sulfonamides is 1. The highest BCUT2D eigenvalue weighted by atomic mass is 35.5. The van der Waals surface area contributed by atoms with Crippen molar-refractivity contribution in [2.45, 2.75) is 17.7 Å². The summed E-state index contributed by atoms with van der Waals surface area (Å²) < 4.78 is 24.3. The average molecular weight is 345 g/mol. The number of benzene rings is 1. The molecule has 0 fully saturated rings. The van der Waals surface area contributed by atoms with Gasteiger partial charge in [0.2, 0.25) is 0 Å². The summed E-state index contributed by atoms with van der Waals surface area (Å²) in [5.74, 6) is -0.435. The van der Waals surface area contributed by atoms with Crippen molar-refractivity contribution in [2.75, 3.05) is 0 Å². The third-order valence-electron chi connectivity index (χ3n) is 2.67. The highest BCUT2D eigenvalue weighted by Crippen LogP contribution is 2.17. The minimum absolute atomic E-state index is 0.0441. The summed E-state index contributed by atoms with van der Waals surface area (Å²) in [5.41, 5.74) is 2.66. The third kappa shape index (κ3) is 3.82. The molecule has 0 aliphatic rings. The molecule has 0 aliphatic heterocycles. The highest BCUT2D eigenvalue weighted by molar-refractivity contribution is 7.89. The number of halogens is 1. The summed E-state index contributed by atoms with van der Waals surface area (Å²) >= 11 is 7.00. The topological polar surface area (TPSA) is 75.3 Å². The second-order valence-electron chi connectivity index (χ2n) is 4.21. The van der Waals surface area contributed by atoms with Gasteiger partial charge in [0.15, 0.2) is 0 Å². The van der Waals surface area contributed by atoms with Crippen LogP contribution in [-0.4, -0.2) is 14.3 Å². The Morgan fingerprint density at radius 2 is 1.95 bits per heavy atom. The molecule has 1 heterocycles. The molecule has 1 aromatic heterocycles. The summed E-state index contributed by atoms with van der Waals surface area (Å²) in [6.07, 6.45) is 0. The normalized spacial score (nSPS) is 11.3. The van der Waals surface area contributed by atoms with Gasteiger partial charge < -0.3 is 0 Å². The second kappa shape index (κ2) is 6.57. The molecule has 2 rings (SSSR count). The Balaban J connectivity index is 2.13. The van der Waals surface area contributed by atoms with Gasteiger partial charge in [-0.25, -0.2) is 8.42 Å². The number of alkyl halides is 1. The number of hydrogen-bond donors (Lipinski definition) is 2. The first-order valence-corrected chi connectivity index (χ1v) is 8.80. The maximum atomic E-state index is 12.2. The van der Waals surface area contributed by atoms with Gasteiger partial charge in [0, 0.05) is 10.8 Å². The van der Waals surface area contributed by atoms with Crippen molar-refractivity contribution in [1.82, 2.24) is 10.3 Å². The lowest BCUT2D eigenvalue weighted by molar-refractivity contribution is 0.0949. The van der Waals surface area contributed by atoms with Gasteiger partial charge in [0.25, 0.3) is 15.9 Å². The fourth-order valence-electron chi connectivity index (χ4n) is 1.66. The number of hydrazine groups is 1. The predicted octanol–water partition coefficient (Wildman–Crippen LogP) is 2.42. The van der Waals surface area contributed by atoms with Crippen LogP contribution in [-0.2, 0) is 15.9 Å². The number of nitrogens with one attached hydrogen (secondary N) is 2. The fraction of sp³-hybridized carbons (Fsp3) is 0.154. The maximum absolute atomic E-state index is 12.2. The Kier molecular flexibility index (Phi) is 5.00. The monoisotopic (exact) mass is 344 g/mol. The first kappa shape index (κ1) is 16.0. The average Bonchev–Trinajstić information content (AvgIpc) is 2.91. The summed E-state index contributed by atoms with van der Waals surface area (Å²) in [4.78, 5) is 15.4. The van der Waals surface area contributed by atoms with Crippen LogP contribution < -0.4 is 10.3 Å². The van der Waals surface area contributed by atoms with Crippen molar-refractivity contribution in [3.63, 3.8) is 0 Å². The first-order valence-electron chi connectivity index (χ1n) is 5.96. The largest absolute Gasteiger partial charge is 0.276 e. The van der Waals surface area contributed by atoms with Gasteiger partial charge in [-0.2, -0.15) is 0 Å². The lowest BCUT2D eigenvalue weighted by Crippen LogP contribution is -2.41. The minimum atomic E-state index is -3.86. The number of thiophene rings is 1. The van der Waals surface area contributed by atoms with E-state index in [1.165, 1.54) is 17.4 Å². The lowest BCUT2D eigenvalue weighted by atomic mass is 10.2. The standard InChI is InChI=1S/C13H13ClN2O3S2/c1-9-6-7-11(20-9)13(17)15-16-21(18,19)12-5-3-2-4-10(12)8-14/h2-7,16H,8H2,1H3,(H,15,17). The van der Waals surface area contributed by atoms with Crippen LogP contribution in [0.15, 0.2) is 41.3 Å². The number of carbonyl (C=O) groups is 1. The van der Waals surface area contributed by atoms with Crippen LogP contribution >= 0.6 is 22.9 Å². The van der Waals surface area contributed by atoms with Crippen LogP contribution in [0.1, 0.15) is 20.1 Å². The molecular weight excluding hydrogens is 332 g/mol. The fourth-order valence-corrected chi connectivity index (χ4v) is 3.82. The summed E-state index contributed by atoms with van der Waals surface area (Å²) in [6.45, 7) is 1.86. The van der Waals surface area contributed by atoms with Gasteiger partial charge in [-0.15, -0.1) is 27.8 Å². The molecule has 2 N–H and O–H groups in total. The van der Waals surface area contributed by atoms with Crippen molar-refractivity contribution in [3.8, 4) is 0 Å². The van der Waals surface area contributed by atoms with Crippen LogP contribution in [0.25, 0.3) is 0 Å². The number of rotatable bonds is 5. The van der Waals surface area contributed by atoms with E-state index < -0.39 is 15.9 Å². The van der Waals surface area contributed by atoms with E-state index in [9.17, 15) is 13.2 Å². The van der Waals surface area contributed by atoms with Crippen molar-refractivity contribution in [3.05, 3.63) is 51.7 Å². The van der Waals surface area contributed by atoms with Crippen molar-refractivity contribution >= 4 is 38.9 Å². The Labute approximate surface area is 132 Å². The Bertz CT molecular complexity index is 756. The van der Waals surface area contributed by atoms with E-state index in [0.717, 1.165) is 4.88 Å². The van der Waals surface area contributed by atoms with Crippen LogP contribution in [0.4, 0.5) is 0 Å². The number of hydrogen-bond acceptors (Lipinski definition) is 4. The minimum Gasteiger partial charge on any atom is -0.273 e. The SMILES string of the molecule is Cc1ccc(C(=O)NNS(=O)(=O)c2ccccc2CCl)s1. The first-order chi connectivity index (χ1) is 9.94. The summed E-state index contributed by atoms with van der Waals surface area (Å²) in [6, 6.07) is 9.76. The van der Waals surface area contributed by atoms with Crippen molar-refractivity contribution < 1.29 is 13.2 Å². The summed E-state index contributed by atoms with van der Waals surface area (Å²) in [5, 5.41) is 0. The van der Waals surface area contributed by atoms with E-state index in [2.05, 4.69) is 10.3 Å². The highest BCUT2D eigenvalue weighted by Gasteiger charge is 2.19. The molecule has 8 heteroatoms. The summed E-state index contributed by atoms with van der Waals surface area (Å²) in [7, 11) is -3.86. The predicted molar refractivity (Wildman–Crippen MR) is 82.8 cm³/mol. The molecule has 0 bridgehead atoms. The molecule has 1 amide bonds. The number of amides is 1. The van der Waals surface area contributed by atoms with Crippen LogP contribution in [0.2, 0.25) is 0 Å². The Morgan fingerprint density at radius 1 is 1.24 bits per heavy atom. The molecule has 21 heavy (non-hydrogen) atoms. The van der Waals surface area contributed by atoms with Crippen molar-refractivity contribution in [1.29, 1.82) is 0 Å². The smallest absolute Gasteiger partial charge is 0.273 e. The molecule has 0 aliphatic carbocycles. The molecule has 0 saturated heterocycles. The van der Waals surface area contributed by atoms with E-state index in [1.54, 1.807) is 30.3 Å². The molecule has 0 unspecified atom stereocenters.